The van der Waals surface area contributed by atoms with Crippen LogP contribution in [0.1, 0.15) is 30.1 Å². The number of rotatable bonds is 2. The number of nitrogens with one attached hydrogen (secondary N) is 1. The lowest BCUT2D eigenvalue weighted by Gasteiger charge is -2.45. The second-order valence-corrected chi connectivity index (χ2v) is 5.70. The van der Waals surface area contributed by atoms with Gasteiger partial charge in [0.25, 0.3) is 11.5 Å². The van der Waals surface area contributed by atoms with Gasteiger partial charge in [0.2, 0.25) is 0 Å². The van der Waals surface area contributed by atoms with E-state index in [2.05, 4.69) is 4.98 Å². The van der Waals surface area contributed by atoms with Crippen LogP contribution in [0.2, 0.25) is 0 Å². The highest BCUT2D eigenvalue weighted by molar-refractivity contribution is 5.94. The lowest BCUT2D eigenvalue weighted by molar-refractivity contribution is -0.0548. The number of amides is 1. The number of pyridine rings is 1. The van der Waals surface area contributed by atoms with E-state index in [1.165, 1.54) is 0 Å². The van der Waals surface area contributed by atoms with Gasteiger partial charge in [-0.2, -0.15) is 0 Å². The van der Waals surface area contributed by atoms with Crippen molar-refractivity contribution in [1.82, 2.24) is 9.88 Å². The van der Waals surface area contributed by atoms with Crippen molar-refractivity contribution in [1.29, 1.82) is 0 Å². The first kappa shape index (κ1) is 13.3. The first-order valence-corrected chi connectivity index (χ1v) is 6.80. The number of aromatic amines is 1. The van der Waals surface area contributed by atoms with E-state index in [9.17, 15) is 14.0 Å². The van der Waals surface area contributed by atoms with E-state index < -0.39 is 22.8 Å². The van der Waals surface area contributed by atoms with Gasteiger partial charge in [-0.15, -0.1) is 0 Å². The van der Waals surface area contributed by atoms with Crippen LogP contribution in [-0.2, 0) is 4.74 Å². The largest absolute Gasteiger partial charge is 0.377 e. The highest BCUT2D eigenvalue weighted by Crippen LogP contribution is 2.44. The molecule has 0 spiro atoms. The zero-order valence-electron chi connectivity index (χ0n) is 11.3. The molecule has 1 amide bonds. The van der Waals surface area contributed by atoms with Crippen molar-refractivity contribution in [2.24, 2.45) is 5.92 Å². The molecule has 1 aromatic rings. The van der Waals surface area contributed by atoms with E-state index in [0.29, 0.717) is 25.7 Å². The first-order valence-electron chi connectivity index (χ1n) is 6.80. The molecule has 108 valence electrons. The van der Waals surface area contributed by atoms with E-state index in [0.717, 1.165) is 25.1 Å². The van der Waals surface area contributed by atoms with Gasteiger partial charge in [-0.3, -0.25) is 9.59 Å². The van der Waals surface area contributed by atoms with Crippen molar-refractivity contribution in [2.75, 3.05) is 19.8 Å². The second kappa shape index (κ2) is 4.70. The van der Waals surface area contributed by atoms with Crippen molar-refractivity contribution < 1.29 is 13.9 Å². The molecule has 1 aromatic heterocycles. The maximum atomic E-state index is 13.3. The molecule has 0 aromatic carbocycles. The second-order valence-electron chi connectivity index (χ2n) is 5.70. The molecule has 1 unspecified atom stereocenters. The Hall–Kier alpha value is -1.69. The number of hydrogen-bond acceptors (Lipinski definition) is 3. The van der Waals surface area contributed by atoms with Gasteiger partial charge in [0.15, 0.2) is 0 Å². The standard InChI is InChI=1S/C14H17FN2O3/c1-14(9-2-3-9)8-20-5-4-17(14)13(19)11-6-10(15)7-16-12(11)18/h6-7,9H,2-5,8H2,1H3,(H,16,18). The third-order valence-corrected chi connectivity index (χ3v) is 4.27. The fourth-order valence-electron chi connectivity index (χ4n) is 2.91. The van der Waals surface area contributed by atoms with E-state index in [1.807, 2.05) is 6.92 Å². The molecule has 5 nitrogen and oxygen atoms in total. The van der Waals surface area contributed by atoms with Crippen LogP contribution in [0.25, 0.3) is 0 Å². The summed E-state index contributed by atoms with van der Waals surface area (Å²) in [6, 6.07) is 1.00. The normalized spacial score (nSPS) is 26.6. The molecule has 2 aliphatic rings. The predicted octanol–water partition coefficient (Wildman–Crippen LogP) is 1.16. The summed E-state index contributed by atoms with van der Waals surface area (Å²) in [5.74, 6) is -0.628. The molecular weight excluding hydrogens is 263 g/mol. The fraction of sp³-hybridized carbons (Fsp3) is 0.571. The Morgan fingerprint density at radius 3 is 3.00 bits per heavy atom. The number of hydrogen-bond donors (Lipinski definition) is 1. The SMILES string of the molecule is CC1(C2CC2)COCCN1C(=O)c1cc(F)c[nH]c1=O. The Morgan fingerprint density at radius 2 is 2.30 bits per heavy atom. The number of aromatic nitrogens is 1. The van der Waals surface area contributed by atoms with Gasteiger partial charge in [0.05, 0.1) is 18.8 Å². The average Bonchev–Trinajstić information content (AvgIpc) is 3.26. The smallest absolute Gasteiger partial charge is 0.260 e. The number of nitrogens with zero attached hydrogens (tertiary/aromatic N) is 1. The molecule has 6 heteroatoms. The third-order valence-electron chi connectivity index (χ3n) is 4.27. The maximum Gasteiger partial charge on any atom is 0.260 e. The molecule has 0 radical (unpaired) electrons. The zero-order chi connectivity index (χ0) is 14.3. The number of carbonyl (C=O) groups excluding carboxylic acids is 1. The predicted molar refractivity (Wildman–Crippen MR) is 70.0 cm³/mol. The van der Waals surface area contributed by atoms with E-state index >= 15 is 0 Å². The van der Waals surface area contributed by atoms with Gasteiger partial charge in [-0.05, 0) is 31.7 Å². The summed E-state index contributed by atoms with van der Waals surface area (Å²) in [4.78, 5) is 28.3. The molecule has 0 bridgehead atoms. The highest BCUT2D eigenvalue weighted by atomic mass is 19.1. The zero-order valence-corrected chi connectivity index (χ0v) is 11.3. The molecule has 1 N–H and O–H groups in total. The number of carbonyl (C=O) groups is 1. The minimum Gasteiger partial charge on any atom is -0.377 e. The lowest BCUT2D eigenvalue weighted by Crippen LogP contribution is -2.59. The van der Waals surface area contributed by atoms with E-state index in [4.69, 9.17) is 4.74 Å². The van der Waals surface area contributed by atoms with Crippen LogP contribution in [0.15, 0.2) is 17.1 Å². The highest BCUT2D eigenvalue weighted by Gasteiger charge is 2.49. The van der Waals surface area contributed by atoms with Gasteiger partial charge >= 0.3 is 0 Å². The number of ether oxygens (including phenoxy) is 1. The summed E-state index contributed by atoms with van der Waals surface area (Å²) in [6.45, 7) is 3.33. The van der Waals surface area contributed by atoms with Crippen LogP contribution < -0.4 is 5.56 Å². The molecule has 3 rings (SSSR count). The van der Waals surface area contributed by atoms with Crippen molar-refractivity contribution in [3.05, 3.63) is 34.0 Å². The van der Waals surface area contributed by atoms with Crippen LogP contribution in [0.4, 0.5) is 4.39 Å². The quantitative estimate of drug-likeness (QED) is 0.884. The molecule has 2 heterocycles. The Balaban J connectivity index is 1.95. The Morgan fingerprint density at radius 1 is 1.55 bits per heavy atom. The van der Waals surface area contributed by atoms with Crippen LogP contribution in [-0.4, -0.2) is 41.1 Å². The minimum absolute atomic E-state index is 0.140. The fourth-order valence-corrected chi connectivity index (χ4v) is 2.91. The minimum atomic E-state index is -0.616. The molecule has 1 aliphatic carbocycles. The first-order chi connectivity index (χ1) is 9.52. The molecule has 1 saturated carbocycles. The van der Waals surface area contributed by atoms with Gasteiger partial charge < -0.3 is 14.6 Å². The summed E-state index contributed by atoms with van der Waals surface area (Å²) in [5.41, 5.74) is -1.09. The van der Waals surface area contributed by atoms with Crippen molar-refractivity contribution in [3.63, 3.8) is 0 Å². The van der Waals surface area contributed by atoms with Gasteiger partial charge in [0.1, 0.15) is 11.4 Å². The van der Waals surface area contributed by atoms with Crippen LogP contribution in [0.5, 0.6) is 0 Å². The topological polar surface area (TPSA) is 62.4 Å². The summed E-state index contributed by atoms with van der Waals surface area (Å²) < 4.78 is 18.8. The molecule has 1 atom stereocenters. The van der Waals surface area contributed by atoms with Crippen LogP contribution in [0.3, 0.4) is 0 Å². The van der Waals surface area contributed by atoms with Gasteiger partial charge in [-0.1, -0.05) is 0 Å². The summed E-state index contributed by atoms with van der Waals surface area (Å²) in [7, 11) is 0. The molecule has 20 heavy (non-hydrogen) atoms. The Labute approximate surface area is 115 Å². The maximum absolute atomic E-state index is 13.3. The van der Waals surface area contributed by atoms with E-state index in [1.54, 1.807) is 4.90 Å². The monoisotopic (exact) mass is 280 g/mol. The summed E-state index contributed by atoms with van der Waals surface area (Å²) in [5, 5.41) is 0. The van der Waals surface area contributed by atoms with Crippen molar-refractivity contribution in [2.45, 2.75) is 25.3 Å². The van der Waals surface area contributed by atoms with E-state index in [-0.39, 0.29) is 5.56 Å². The van der Waals surface area contributed by atoms with Crippen molar-refractivity contribution >= 4 is 5.91 Å². The average molecular weight is 280 g/mol. The number of H-pyrrole nitrogens is 1. The third kappa shape index (κ3) is 2.14. The van der Waals surface area contributed by atoms with Crippen LogP contribution >= 0.6 is 0 Å². The molecular formula is C14H17FN2O3. The molecule has 1 aliphatic heterocycles. The lowest BCUT2D eigenvalue weighted by atomic mass is 9.92. The Bertz CT molecular complexity index is 596. The van der Waals surface area contributed by atoms with Gasteiger partial charge in [0, 0.05) is 12.7 Å². The van der Waals surface area contributed by atoms with Gasteiger partial charge in [-0.25, -0.2) is 4.39 Å². The summed E-state index contributed by atoms with van der Waals surface area (Å²) in [6.07, 6.45) is 3.07. The molecule has 1 saturated heterocycles. The molecule has 2 fully saturated rings. The van der Waals surface area contributed by atoms with Crippen LogP contribution in [0, 0.1) is 11.7 Å². The Kier molecular flexibility index (Phi) is 3.12. The number of halogens is 1. The van der Waals surface area contributed by atoms with Crippen molar-refractivity contribution in [3.8, 4) is 0 Å². The summed E-state index contributed by atoms with van der Waals surface area (Å²) >= 11 is 0. The number of morpholine rings is 1.